The topological polar surface area (TPSA) is 29.0 Å². The van der Waals surface area contributed by atoms with E-state index in [4.69, 9.17) is 0 Å². The normalized spacial score (nSPS) is 20.3. The van der Waals surface area contributed by atoms with E-state index in [1.54, 1.807) is 6.20 Å². The van der Waals surface area contributed by atoms with Crippen LogP contribution in [-0.2, 0) is 0 Å². The van der Waals surface area contributed by atoms with Gasteiger partial charge in [0.1, 0.15) is 10.4 Å². The van der Waals surface area contributed by atoms with Gasteiger partial charge in [0.2, 0.25) is 0 Å². The Morgan fingerprint density at radius 1 is 1.20 bits per heavy atom. The molecule has 0 N–H and O–H groups in total. The summed E-state index contributed by atoms with van der Waals surface area (Å²) < 4.78 is 0.795. The third-order valence-corrected chi connectivity index (χ3v) is 3.46. The second-order valence-electron chi connectivity index (χ2n) is 4.85. The fourth-order valence-electron chi connectivity index (χ4n) is 1.81. The summed E-state index contributed by atoms with van der Waals surface area (Å²) in [7, 11) is 0. The van der Waals surface area contributed by atoms with Gasteiger partial charge in [-0.05, 0) is 34.2 Å². The molecule has 2 rings (SSSR count). The van der Waals surface area contributed by atoms with Crippen LogP contribution in [-0.4, -0.2) is 23.1 Å². The summed E-state index contributed by atoms with van der Waals surface area (Å²) in [5, 5.41) is 0. The van der Waals surface area contributed by atoms with Crippen molar-refractivity contribution in [2.75, 3.05) is 18.0 Å². The smallest absolute Gasteiger partial charge is 0.147 e. The fraction of sp³-hybridized carbons (Fsp3) is 0.636. The highest BCUT2D eigenvalue weighted by atomic mass is 79.9. The molecule has 4 heteroatoms. The minimum atomic E-state index is 0.485. The molecule has 0 bridgehead atoms. The van der Waals surface area contributed by atoms with Gasteiger partial charge in [0, 0.05) is 13.1 Å². The average Bonchev–Trinajstić information content (AvgIpc) is 2.20. The fourth-order valence-corrected chi connectivity index (χ4v) is 2.01. The summed E-state index contributed by atoms with van der Waals surface area (Å²) in [6.07, 6.45) is 6.05. The first-order chi connectivity index (χ1) is 7.07. The Balaban J connectivity index is 2.04. The molecule has 1 aliphatic rings. The number of nitrogens with zero attached hydrogens (tertiary/aromatic N) is 3. The van der Waals surface area contributed by atoms with Gasteiger partial charge in [-0.3, -0.25) is 0 Å². The Morgan fingerprint density at radius 2 is 1.87 bits per heavy atom. The quantitative estimate of drug-likeness (QED) is 0.785. The Morgan fingerprint density at radius 3 is 2.40 bits per heavy atom. The van der Waals surface area contributed by atoms with Crippen molar-refractivity contribution in [1.82, 2.24) is 9.97 Å². The maximum atomic E-state index is 4.37. The van der Waals surface area contributed by atoms with Gasteiger partial charge in [-0.15, -0.1) is 0 Å². The molecule has 15 heavy (non-hydrogen) atoms. The number of halogens is 1. The summed E-state index contributed by atoms with van der Waals surface area (Å²) in [5.41, 5.74) is 0.485. The second-order valence-corrected chi connectivity index (χ2v) is 5.66. The lowest BCUT2D eigenvalue weighted by Gasteiger charge is -2.37. The molecule has 0 spiro atoms. The molecule has 0 saturated carbocycles. The lowest BCUT2D eigenvalue weighted by atomic mass is 9.83. The number of piperidine rings is 1. The monoisotopic (exact) mass is 269 g/mol. The Hall–Kier alpha value is -0.640. The van der Waals surface area contributed by atoms with Crippen molar-refractivity contribution < 1.29 is 0 Å². The van der Waals surface area contributed by atoms with Crippen LogP contribution in [0.1, 0.15) is 26.7 Å². The van der Waals surface area contributed by atoms with Crippen LogP contribution in [0.25, 0.3) is 0 Å². The average molecular weight is 270 g/mol. The van der Waals surface area contributed by atoms with Crippen molar-refractivity contribution in [3.8, 4) is 0 Å². The molecule has 0 aliphatic carbocycles. The Kier molecular flexibility index (Phi) is 2.96. The van der Waals surface area contributed by atoms with Crippen LogP contribution in [0, 0.1) is 5.41 Å². The van der Waals surface area contributed by atoms with E-state index in [-0.39, 0.29) is 0 Å². The number of hydrogen-bond donors (Lipinski definition) is 0. The van der Waals surface area contributed by atoms with Crippen LogP contribution in [0.2, 0.25) is 0 Å². The molecule has 2 heterocycles. The second kappa shape index (κ2) is 4.08. The number of aromatic nitrogens is 2. The molecule has 1 aromatic heterocycles. The van der Waals surface area contributed by atoms with E-state index in [9.17, 15) is 0 Å². The van der Waals surface area contributed by atoms with E-state index in [0.29, 0.717) is 5.41 Å². The van der Waals surface area contributed by atoms with Crippen LogP contribution >= 0.6 is 15.9 Å². The van der Waals surface area contributed by atoms with Crippen LogP contribution in [0.3, 0.4) is 0 Å². The maximum absolute atomic E-state index is 4.37. The van der Waals surface area contributed by atoms with Gasteiger partial charge in [-0.1, -0.05) is 13.8 Å². The van der Waals surface area contributed by atoms with Crippen LogP contribution in [0.5, 0.6) is 0 Å². The lowest BCUT2D eigenvalue weighted by molar-refractivity contribution is 0.279. The minimum absolute atomic E-state index is 0.485. The van der Waals surface area contributed by atoms with Crippen molar-refractivity contribution >= 4 is 21.7 Å². The molecule has 0 aromatic carbocycles. The molecular weight excluding hydrogens is 254 g/mol. The summed E-state index contributed by atoms with van der Waals surface area (Å²) in [5.74, 6) is 0.994. The number of rotatable bonds is 1. The van der Waals surface area contributed by atoms with E-state index < -0.39 is 0 Å². The SMILES string of the molecule is CC1(C)CCN(c2cnc(Br)cn2)CC1. The van der Waals surface area contributed by atoms with Crippen LogP contribution in [0.15, 0.2) is 17.0 Å². The van der Waals surface area contributed by atoms with Gasteiger partial charge in [0.05, 0.1) is 12.4 Å². The molecule has 0 radical (unpaired) electrons. The van der Waals surface area contributed by atoms with Crippen molar-refractivity contribution in [1.29, 1.82) is 0 Å². The molecular formula is C11H16BrN3. The highest BCUT2D eigenvalue weighted by Gasteiger charge is 2.25. The zero-order valence-electron chi connectivity index (χ0n) is 9.20. The van der Waals surface area contributed by atoms with Gasteiger partial charge in [0.25, 0.3) is 0 Å². The standard InChI is InChI=1S/C11H16BrN3/c1-11(2)3-5-15(6-4-11)10-8-13-9(12)7-14-10/h7-8H,3-6H2,1-2H3. The van der Waals surface area contributed by atoms with Gasteiger partial charge >= 0.3 is 0 Å². The largest absolute Gasteiger partial charge is 0.355 e. The first kappa shape index (κ1) is 10.9. The first-order valence-corrected chi connectivity index (χ1v) is 6.09. The van der Waals surface area contributed by atoms with Crippen LogP contribution < -0.4 is 4.90 Å². The third-order valence-electron chi connectivity index (χ3n) is 3.05. The van der Waals surface area contributed by atoms with Gasteiger partial charge in [-0.2, -0.15) is 0 Å². The van der Waals surface area contributed by atoms with E-state index in [2.05, 4.69) is 44.6 Å². The first-order valence-electron chi connectivity index (χ1n) is 5.29. The summed E-state index contributed by atoms with van der Waals surface area (Å²) in [4.78, 5) is 10.9. The van der Waals surface area contributed by atoms with Crippen LogP contribution in [0.4, 0.5) is 5.82 Å². The Labute approximate surface area is 99.0 Å². The van der Waals surface area contributed by atoms with Gasteiger partial charge in [-0.25, -0.2) is 9.97 Å². The summed E-state index contributed by atoms with van der Waals surface area (Å²) >= 11 is 3.30. The zero-order chi connectivity index (χ0) is 10.9. The molecule has 0 amide bonds. The van der Waals surface area contributed by atoms with E-state index >= 15 is 0 Å². The van der Waals surface area contributed by atoms with E-state index in [1.165, 1.54) is 12.8 Å². The predicted octanol–water partition coefficient (Wildman–Crippen LogP) is 2.87. The highest BCUT2D eigenvalue weighted by Crippen LogP contribution is 2.31. The maximum Gasteiger partial charge on any atom is 0.147 e. The highest BCUT2D eigenvalue weighted by molar-refractivity contribution is 9.10. The minimum Gasteiger partial charge on any atom is -0.355 e. The zero-order valence-corrected chi connectivity index (χ0v) is 10.8. The molecule has 82 valence electrons. The predicted molar refractivity (Wildman–Crippen MR) is 65.0 cm³/mol. The molecule has 1 saturated heterocycles. The summed E-state index contributed by atoms with van der Waals surface area (Å²) in [6.45, 7) is 6.84. The Bertz CT molecular complexity index is 324. The van der Waals surface area contributed by atoms with Crippen molar-refractivity contribution in [3.63, 3.8) is 0 Å². The lowest BCUT2D eigenvalue weighted by Crippen LogP contribution is -2.37. The van der Waals surface area contributed by atoms with E-state index in [0.717, 1.165) is 23.5 Å². The molecule has 0 atom stereocenters. The molecule has 0 unspecified atom stereocenters. The molecule has 3 nitrogen and oxygen atoms in total. The number of anilines is 1. The number of hydrogen-bond acceptors (Lipinski definition) is 3. The van der Waals surface area contributed by atoms with Gasteiger partial charge in [0.15, 0.2) is 0 Å². The summed E-state index contributed by atoms with van der Waals surface area (Å²) in [6, 6.07) is 0. The third kappa shape index (κ3) is 2.68. The van der Waals surface area contributed by atoms with E-state index in [1.807, 2.05) is 6.20 Å². The van der Waals surface area contributed by atoms with Crippen molar-refractivity contribution in [2.45, 2.75) is 26.7 Å². The molecule has 1 aliphatic heterocycles. The molecule has 1 aromatic rings. The molecule has 1 fully saturated rings. The van der Waals surface area contributed by atoms with Crippen molar-refractivity contribution in [2.24, 2.45) is 5.41 Å². The van der Waals surface area contributed by atoms with Gasteiger partial charge < -0.3 is 4.90 Å². The van der Waals surface area contributed by atoms with Crippen molar-refractivity contribution in [3.05, 3.63) is 17.0 Å².